The van der Waals surface area contributed by atoms with Crippen molar-refractivity contribution in [3.63, 3.8) is 0 Å². The number of rotatable bonds is 3. The van der Waals surface area contributed by atoms with E-state index in [4.69, 9.17) is 0 Å². The maximum absolute atomic E-state index is 12.9. The molecule has 0 bridgehead atoms. The first-order chi connectivity index (χ1) is 12.7. The van der Waals surface area contributed by atoms with Crippen LogP contribution in [0.1, 0.15) is 40.8 Å². The van der Waals surface area contributed by atoms with Crippen molar-refractivity contribution in [2.24, 2.45) is 0 Å². The van der Waals surface area contributed by atoms with Crippen LogP contribution in [0.15, 0.2) is 42.7 Å². The monoisotopic (exact) mass is 349 g/mol. The molecule has 7 heteroatoms. The summed E-state index contributed by atoms with van der Waals surface area (Å²) in [4.78, 5) is 14.6. The lowest BCUT2D eigenvalue weighted by atomic mass is 10.1. The maximum atomic E-state index is 12.9. The normalized spacial score (nSPS) is 16.5. The van der Waals surface area contributed by atoms with Gasteiger partial charge in [-0.05, 0) is 37.1 Å². The van der Waals surface area contributed by atoms with Gasteiger partial charge in [-0.1, -0.05) is 0 Å². The molecule has 2 aliphatic rings. The van der Waals surface area contributed by atoms with Gasteiger partial charge in [0, 0.05) is 43.2 Å². The number of phenolic OH excluding ortho intramolecular Hbond substituents is 1. The molecule has 2 aromatic heterocycles. The Bertz CT molecular complexity index is 972. The summed E-state index contributed by atoms with van der Waals surface area (Å²) in [5, 5.41) is 19.0. The van der Waals surface area contributed by atoms with E-state index in [1.807, 2.05) is 35.2 Å². The number of fused-ring (bicyclic) bond motifs is 1. The van der Waals surface area contributed by atoms with E-state index in [2.05, 4.69) is 14.8 Å². The summed E-state index contributed by atoms with van der Waals surface area (Å²) in [5.41, 5.74) is 1.13. The lowest BCUT2D eigenvalue weighted by Gasteiger charge is -2.28. The van der Waals surface area contributed by atoms with Crippen LogP contribution in [0.2, 0.25) is 0 Å². The molecule has 5 rings (SSSR count). The van der Waals surface area contributed by atoms with Gasteiger partial charge in [0.15, 0.2) is 5.82 Å². The minimum atomic E-state index is -0.177. The Morgan fingerprint density at radius 1 is 1.12 bits per heavy atom. The Hall–Kier alpha value is -3.09. The average molecular weight is 349 g/mol. The van der Waals surface area contributed by atoms with Crippen LogP contribution < -0.4 is 0 Å². The first-order valence-electron chi connectivity index (χ1n) is 8.88. The maximum Gasteiger partial charge on any atom is 0.258 e. The van der Waals surface area contributed by atoms with Crippen LogP contribution in [0.3, 0.4) is 0 Å². The number of phenols is 1. The molecule has 3 heterocycles. The number of amides is 1. The van der Waals surface area contributed by atoms with Crippen molar-refractivity contribution in [3.8, 4) is 11.4 Å². The van der Waals surface area contributed by atoms with Crippen LogP contribution in [-0.4, -0.2) is 41.8 Å². The highest BCUT2D eigenvalue weighted by atomic mass is 16.3. The molecule has 132 valence electrons. The molecule has 1 fully saturated rings. The second kappa shape index (κ2) is 5.72. The van der Waals surface area contributed by atoms with Gasteiger partial charge in [-0.3, -0.25) is 4.79 Å². The first-order valence-corrected chi connectivity index (χ1v) is 8.88. The molecule has 1 aliphatic heterocycles. The summed E-state index contributed by atoms with van der Waals surface area (Å²) < 4.78 is 4.03. The fourth-order valence-electron chi connectivity index (χ4n) is 3.54. The SMILES string of the molecule is O=C(c1ccc(-n2cccc2)cc1O)N1CCn2c(nnc2C2CC2)C1. The van der Waals surface area contributed by atoms with Gasteiger partial charge in [-0.15, -0.1) is 10.2 Å². The van der Waals surface area contributed by atoms with Gasteiger partial charge >= 0.3 is 0 Å². The smallest absolute Gasteiger partial charge is 0.258 e. The van der Waals surface area contributed by atoms with E-state index in [0.29, 0.717) is 31.1 Å². The van der Waals surface area contributed by atoms with Crippen LogP contribution in [0.25, 0.3) is 5.69 Å². The summed E-state index contributed by atoms with van der Waals surface area (Å²) in [6.07, 6.45) is 6.15. The number of benzene rings is 1. The minimum Gasteiger partial charge on any atom is -0.507 e. The van der Waals surface area contributed by atoms with Gasteiger partial charge in [-0.2, -0.15) is 0 Å². The second-order valence-electron chi connectivity index (χ2n) is 6.92. The topological polar surface area (TPSA) is 76.2 Å². The van der Waals surface area contributed by atoms with E-state index in [9.17, 15) is 9.90 Å². The average Bonchev–Trinajstić information content (AvgIpc) is 3.19. The molecule has 1 amide bonds. The Kier molecular flexibility index (Phi) is 3.34. The van der Waals surface area contributed by atoms with E-state index in [-0.39, 0.29) is 11.7 Å². The van der Waals surface area contributed by atoms with E-state index in [1.165, 1.54) is 12.8 Å². The van der Waals surface area contributed by atoms with Crippen molar-refractivity contribution in [3.05, 3.63) is 59.9 Å². The first kappa shape index (κ1) is 15.2. The third-order valence-electron chi connectivity index (χ3n) is 5.13. The summed E-state index contributed by atoms with van der Waals surface area (Å²) in [7, 11) is 0. The zero-order valence-electron chi connectivity index (χ0n) is 14.2. The molecule has 0 atom stereocenters. The van der Waals surface area contributed by atoms with Gasteiger partial charge in [-0.25, -0.2) is 0 Å². The number of hydrogen-bond donors (Lipinski definition) is 1. The Balaban J connectivity index is 1.38. The van der Waals surface area contributed by atoms with Crippen molar-refractivity contribution in [1.29, 1.82) is 0 Å². The van der Waals surface area contributed by atoms with Crippen molar-refractivity contribution in [2.75, 3.05) is 6.54 Å². The fraction of sp³-hybridized carbons (Fsp3) is 0.316. The number of aromatic hydroxyl groups is 1. The third-order valence-corrected chi connectivity index (χ3v) is 5.13. The van der Waals surface area contributed by atoms with E-state index in [1.54, 1.807) is 17.0 Å². The van der Waals surface area contributed by atoms with Crippen LogP contribution in [-0.2, 0) is 13.1 Å². The minimum absolute atomic E-state index is 0.00749. The van der Waals surface area contributed by atoms with E-state index in [0.717, 1.165) is 17.3 Å². The van der Waals surface area contributed by atoms with E-state index < -0.39 is 0 Å². The predicted molar refractivity (Wildman–Crippen MR) is 94.2 cm³/mol. The Morgan fingerprint density at radius 2 is 1.92 bits per heavy atom. The molecule has 0 saturated heterocycles. The largest absolute Gasteiger partial charge is 0.507 e. The molecule has 1 saturated carbocycles. The van der Waals surface area contributed by atoms with Crippen LogP contribution in [0, 0.1) is 0 Å². The number of carbonyl (C=O) groups is 1. The van der Waals surface area contributed by atoms with Gasteiger partial charge in [0.1, 0.15) is 11.6 Å². The standard InChI is InChI=1S/C19H19N5O2/c25-16-11-14(22-7-1-2-8-22)5-6-15(16)19(26)23-9-10-24-17(12-23)20-21-18(24)13-3-4-13/h1-2,5-8,11,13,25H,3-4,9-10,12H2. The molecule has 0 unspecified atom stereocenters. The summed E-state index contributed by atoms with van der Waals surface area (Å²) in [6, 6.07) is 8.96. The highest BCUT2D eigenvalue weighted by Crippen LogP contribution is 2.39. The highest BCUT2D eigenvalue weighted by molar-refractivity contribution is 5.97. The number of aromatic nitrogens is 4. The molecule has 7 nitrogen and oxygen atoms in total. The molecule has 0 spiro atoms. The summed E-state index contributed by atoms with van der Waals surface area (Å²) in [6.45, 7) is 1.74. The molecule has 3 aromatic rings. The van der Waals surface area contributed by atoms with Crippen molar-refractivity contribution in [2.45, 2.75) is 31.8 Å². The van der Waals surface area contributed by atoms with Gasteiger partial charge in [0.2, 0.25) is 0 Å². The van der Waals surface area contributed by atoms with Crippen molar-refractivity contribution < 1.29 is 9.90 Å². The molecule has 1 aromatic carbocycles. The number of hydrogen-bond acceptors (Lipinski definition) is 4. The van der Waals surface area contributed by atoms with Gasteiger partial charge in [0.25, 0.3) is 5.91 Å². The molecular weight excluding hydrogens is 330 g/mol. The zero-order valence-corrected chi connectivity index (χ0v) is 14.2. The number of nitrogens with zero attached hydrogens (tertiary/aromatic N) is 5. The quantitative estimate of drug-likeness (QED) is 0.787. The molecule has 0 radical (unpaired) electrons. The highest BCUT2D eigenvalue weighted by Gasteiger charge is 2.33. The van der Waals surface area contributed by atoms with E-state index >= 15 is 0 Å². The van der Waals surface area contributed by atoms with Crippen LogP contribution >= 0.6 is 0 Å². The molecular formula is C19H19N5O2. The lowest BCUT2D eigenvalue weighted by Crippen LogP contribution is -2.38. The van der Waals surface area contributed by atoms with Crippen LogP contribution in [0.5, 0.6) is 5.75 Å². The summed E-state index contributed by atoms with van der Waals surface area (Å²) >= 11 is 0. The summed E-state index contributed by atoms with van der Waals surface area (Å²) in [5.74, 6) is 2.25. The number of carbonyl (C=O) groups excluding carboxylic acids is 1. The van der Waals surface area contributed by atoms with Crippen molar-refractivity contribution >= 4 is 5.91 Å². The zero-order chi connectivity index (χ0) is 17.7. The molecule has 1 aliphatic carbocycles. The van der Waals surface area contributed by atoms with Gasteiger partial charge in [0.05, 0.1) is 12.1 Å². The fourth-order valence-corrected chi connectivity index (χ4v) is 3.54. The lowest BCUT2D eigenvalue weighted by molar-refractivity contribution is 0.0703. The molecule has 26 heavy (non-hydrogen) atoms. The Morgan fingerprint density at radius 3 is 2.65 bits per heavy atom. The molecule has 1 N–H and O–H groups in total. The van der Waals surface area contributed by atoms with Gasteiger partial charge < -0.3 is 19.1 Å². The third kappa shape index (κ3) is 2.47. The second-order valence-corrected chi connectivity index (χ2v) is 6.92. The Labute approximate surface area is 150 Å². The predicted octanol–water partition coefficient (Wildman–Crippen LogP) is 2.31. The van der Waals surface area contributed by atoms with Crippen molar-refractivity contribution in [1.82, 2.24) is 24.2 Å². The van der Waals surface area contributed by atoms with Crippen LogP contribution in [0.4, 0.5) is 0 Å².